The number of benzene rings is 1. The molecule has 0 bridgehead atoms. The van der Waals surface area contributed by atoms with Crippen LogP contribution in [-0.2, 0) is 6.42 Å². The van der Waals surface area contributed by atoms with Crippen molar-refractivity contribution in [1.82, 2.24) is 20.1 Å². The lowest BCUT2D eigenvalue weighted by atomic mass is 10.2. The number of hydrogen-bond acceptors (Lipinski definition) is 5. The number of hydrogen-bond donors (Lipinski definition) is 2. The highest BCUT2D eigenvalue weighted by Crippen LogP contribution is 2.24. The van der Waals surface area contributed by atoms with Crippen molar-refractivity contribution >= 4 is 28.2 Å². The van der Waals surface area contributed by atoms with Crippen LogP contribution in [0.1, 0.15) is 24.2 Å². The topological polar surface area (TPSA) is 75.1 Å². The van der Waals surface area contributed by atoms with Crippen LogP contribution in [0.15, 0.2) is 41.9 Å². The number of anilines is 2. The van der Waals surface area contributed by atoms with Gasteiger partial charge in [-0.2, -0.15) is 5.10 Å². The highest BCUT2D eigenvalue weighted by molar-refractivity contribution is 7.13. The lowest BCUT2D eigenvalue weighted by Crippen LogP contribution is -2.31. The van der Waals surface area contributed by atoms with Crippen LogP contribution in [0.5, 0.6) is 0 Å². The molecule has 0 atom stereocenters. The van der Waals surface area contributed by atoms with Crippen LogP contribution in [0.3, 0.4) is 0 Å². The molecular weight excluding hydrogens is 372 g/mol. The molecule has 2 N–H and O–H groups in total. The Hall–Kier alpha value is -2.87. The number of amides is 2. The first-order valence-electron chi connectivity index (χ1n) is 9.55. The number of carbonyl (C=O) groups is 1. The average Bonchev–Trinajstić information content (AvgIpc) is 3.43. The number of nitrogens with one attached hydrogen (secondary N) is 2. The zero-order valence-corrected chi connectivity index (χ0v) is 16.7. The third-order valence-corrected chi connectivity index (χ3v) is 5.65. The van der Waals surface area contributed by atoms with Crippen molar-refractivity contribution in [3.05, 3.63) is 53.3 Å². The Labute approximate surface area is 168 Å². The van der Waals surface area contributed by atoms with E-state index in [1.54, 1.807) is 16.0 Å². The second-order valence-corrected chi connectivity index (χ2v) is 7.70. The average molecular weight is 397 g/mol. The van der Waals surface area contributed by atoms with Crippen molar-refractivity contribution in [2.75, 3.05) is 29.9 Å². The molecule has 7 nitrogen and oxygen atoms in total. The van der Waals surface area contributed by atoms with Gasteiger partial charge in [0.15, 0.2) is 5.13 Å². The minimum atomic E-state index is -0.230. The second kappa shape index (κ2) is 8.43. The zero-order valence-electron chi connectivity index (χ0n) is 15.9. The molecule has 1 aliphatic rings. The number of urea groups is 1. The number of nitrogens with zero attached hydrogens (tertiary/aromatic N) is 4. The Morgan fingerprint density at radius 1 is 1.21 bits per heavy atom. The van der Waals surface area contributed by atoms with Crippen molar-refractivity contribution in [3.63, 3.8) is 0 Å². The third-order valence-electron chi connectivity index (χ3n) is 4.70. The van der Waals surface area contributed by atoms with Gasteiger partial charge in [0, 0.05) is 37.6 Å². The van der Waals surface area contributed by atoms with E-state index in [0.29, 0.717) is 12.2 Å². The van der Waals surface area contributed by atoms with Gasteiger partial charge in [0.05, 0.1) is 22.8 Å². The first kappa shape index (κ1) is 18.5. The SMILES string of the molecule is Cc1ccn(-c2ccccc2NC(=O)NCCc2csc(N3CCCC3)n2)n1. The van der Waals surface area contributed by atoms with E-state index < -0.39 is 0 Å². The second-order valence-electron chi connectivity index (χ2n) is 6.87. The highest BCUT2D eigenvalue weighted by atomic mass is 32.1. The largest absolute Gasteiger partial charge is 0.348 e. The highest BCUT2D eigenvalue weighted by Gasteiger charge is 2.15. The molecule has 3 aromatic rings. The van der Waals surface area contributed by atoms with Gasteiger partial charge in [-0.3, -0.25) is 0 Å². The maximum atomic E-state index is 12.3. The van der Waals surface area contributed by atoms with Crippen molar-refractivity contribution in [3.8, 4) is 5.69 Å². The molecule has 0 spiro atoms. The minimum Gasteiger partial charge on any atom is -0.348 e. The van der Waals surface area contributed by atoms with Gasteiger partial charge >= 0.3 is 6.03 Å². The molecule has 0 saturated carbocycles. The van der Waals surface area contributed by atoms with E-state index in [1.807, 2.05) is 43.5 Å². The lowest BCUT2D eigenvalue weighted by Gasteiger charge is -2.12. The fraction of sp³-hybridized carbons (Fsp3) is 0.350. The summed E-state index contributed by atoms with van der Waals surface area (Å²) in [4.78, 5) is 19.4. The summed E-state index contributed by atoms with van der Waals surface area (Å²) >= 11 is 1.69. The zero-order chi connectivity index (χ0) is 19.3. The summed E-state index contributed by atoms with van der Waals surface area (Å²) in [5.41, 5.74) is 3.50. The van der Waals surface area contributed by atoms with Crippen molar-refractivity contribution in [2.45, 2.75) is 26.2 Å². The van der Waals surface area contributed by atoms with Crippen LogP contribution in [0.4, 0.5) is 15.6 Å². The van der Waals surface area contributed by atoms with Gasteiger partial charge in [0.2, 0.25) is 0 Å². The van der Waals surface area contributed by atoms with Gasteiger partial charge in [0.25, 0.3) is 0 Å². The maximum Gasteiger partial charge on any atom is 0.319 e. The summed E-state index contributed by atoms with van der Waals surface area (Å²) in [5.74, 6) is 0. The predicted octanol–water partition coefficient (Wildman–Crippen LogP) is 3.60. The molecule has 0 aliphatic carbocycles. The lowest BCUT2D eigenvalue weighted by molar-refractivity contribution is 0.252. The molecule has 146 valence electrons. The van der Waals surface area contributed by atoms with E-state index in [-0.39, 0.29) is 6.03 Å². The standard InChI is InChI=1S/C20H24N6OS/c1-15-9-13-26(24-15)18-7-3-2-6-17(18)23-19(27)21-10-8-16-14-28-20(22-16)25-11-4-5-12-25/h2-3,6-7,9,13-14H,4-5,8,10-12H2,1H3,(H2,21,23,27). The molecule has 3 heterocycles. The Bertz CT molecular complexity index is 944. The van der Waals surface area contributed by atoms with Crippen molar-refractivity contribution in [1.29, 1.82) is 0 Å². The molecule has 1 aromatic carbocycles. The van der Waals surface area contributed by atoms with Gasteiger partial charge < -0.3 is 15.5 Å². The van der Waals surface area contributed by atoms with Crippen LogP contribution < -0.4 is 15.5 Å². The normalized spacial score (nSPS) is 13.7. The monoisotopic (exact) mass is 396 g/mol. The van der Waals surface area contributed by atoms with Gasteiger partial charge in [-0.15, -0.1) is 11.3 Å². The quantitative estimate of drug-likeness (QED) is 0.668. The molecule has 0 unspecified atom stereocenters. The molecule has 1 saturated heterocycles. The van der Waals surface area contributed by atoms with E-state index in [4.69, 9.17) is 4.98 Å². The molecule has 8 heteroatoms. The van der Waals surface area contributed by atoms with Gasteiger partial charge in [-0.1, -0.05) is 12.1 Å². The van der Waals surface area contributed by atoms with E-state index in [1.165, 1.54) is 12.8 Å². The van der Waals surface area contributed by atoms with Crippen LogP contribution in [-0.4, -0.2) is 40.4 Å². The fourth-order valence-electron chi connectivity index (χ4n) is 3.26. The summed E-state index contributed by atoms with van der Waals surface area (Å²) in [7, 11) is 0. The first-order chi connectivity index (χ1) is 13.7. The molecule has 2 amide bonds. The summed E-state index contributed by atoms with van der Waals surface area (Å²) in [6.45, 7) is 4.68. The summed E-state index contributed by atoms with van der Waals surface area (Å²) in [5, 5.41) is 13.4. The first-order valence-corrected chi connectivity index (χ1v) is 10.4. The van der Waals surface area contributed by atoms with Crippen molar-refractivity contribution in [2.24, 2.45) is 0 Å². The van der Waals surface area contributed by atoms with E-state index in [2.05, 4.69) is 26.0 Å². The summed E-state index contributed by atoms with van der Waals surface area (Å²) in [6.07, 6.45) is 5.10. The number of para-hydroxylation sites is 2. The Morgan fingerprint density at radius 2 is 2.04 bits per heavy atom. The van der Waals surface area contributed by atoms with E-state index in [0.717, 1.165) is 41.7 Å². The number of aromatic nitrogens is 3. The molecule has 1 aliphatic heterocycles. The number of thiazole rings is 1. The molecule has 4 rings (SSSR count). The Balaban J connectivity index is 1.31. The van der Waals surface area contributed by atoms with Crippen LogP contribution in [0, 0.1) is 6.92 Å². The summed E-state index contributed by atoms with van der Waals surface area (Å²) in [6, 6.07) is 9.32. The maximum absolute atomic E-state index is 12.3. The third kappa shape index (κ3) is 4.33. The van der Waals surface area contributed by atoms with Crippen molar-refractivity contribution < 1.29 is 4.79 Å². The Morgan fingerprint density at radius 3 is 2.82 bits per heavy atom. The van der Waals surface area contributed by atoms with Crippen LogP contribution >= 0.6 is 11.3 Å². The minimum absolute atomic E-state index is 0.230. The smallest absolute Gasteiger partial charge is 0.319 e. The molecule has 2 aromatic heterocycles. The molecular formula is C20H24N6OS. The predicted molar refractivity (Wildman–Crippen MR) is 113 cm³/mol. The number of rotatable bonds is 6. The summed E-state index contributed by atoms with van der Waals surface area (Å²) < 4.78 is 1.76. The Kier molecular flexibility index (Phi) is 5.57. The van der Waals surface area contributed by atoms with Gasteiger partial charge in [-0.05, 0) is 38.0 Å². The molecule has 28 heavy (non-hydrogen) atoms. The van der Waals surface area contributed by atoms with Crippen LogP contribution in [0.25, 0.3) is 5.69 Å². The molecule has 1 fully saturated rings. The van der Waals surface area contributed by atoms with Crippen LogP contribution in [0.2, 0.25) is 0 Å². The number of carbonyl (C=O) groups excluding carboxylic acids is 1. The van der Waals surface area contributed by atoms with Gasteiger partial charge in [-0.25, -0.2) is 14.5 Å². The fourth-order valence-corrected chi connectivity index (χ4v) is 4.18. The van der Waals surface area contributed by atoms with E-state index >= 15 is 0 Å². The van der Waals surface area contributed by atoms with E-state index in [9.17, 15) is 4.79 Å². The van der Waals surface area contributed by atoms with Gasteiger partial charge in [0.1, 0.15) is 0 Å². The molecule has 0 radical (unpaired) electrons. The number of aryl methyl sites for hydroxylation is 1.